The first-order valence-electron chi connectivity index (χ1n) is 8.28. The van der Waals surface area contributed by atoms with Crippen LogP contribution < -0.4 is 0 Å². The number of hydrogen-bond acceptors (Lipinski definition) is 3. The average molecular weight is 299 g/mol. The van der Waals surface area contributed by atoms with Crippen molar-refractivity contribution in [3.05, 3.63) is 48.0 Å². The molecule has 3 nitrogen and oxygen atoms in total. The second-order valence-electron chi connectivity index (χ2n) is 6.57. The Morgan fingerprint density at radius 3 is 2.91 bits per heavy atom. The molecule has 3 heteroatoms. The summed E-state index contributed by atoms with van der Waals surface area (Å²) >= 11 is 0. The third kappa shape index (κ3) is 2.70. The Kier molecular flexibility index (Phi) is 4.34. The molecule has 0 amide bonds. The molecule has 1 aliphatic carbocycles. The van der Waals surface area contributed by atoms with E-state index < -0.39 is 5.41 Å². The minimum Gasteiger partial charge on any atom is -0.465 e. The van der Waals surface area contributed by atoms with Gasteiger partial charge >= 0.3 is 5.97 Å². The molecule has 2 atom stereocenters. The molecule has 3 rings (SSSR count). The van der Waals surface area contributed by atoms with Crippen LogP contribution in [0.4, 0.5) is 0 Å². The third-order valence-electron chi connectivity index (χ3n) is 5.15. The number of ether oxygens (including phenoxy) is 1. The summed E-state index contributed by atoms with van der Waals surface area (Å²) in [6.45, 7) is 9.26. The molecule has 1 aromatic carbocycles. The molecule has 0 unspecified atom stereocenters. The molecule has 0 N–H and O–H groups in total. The van der Waals surface area contributed by atoms with Gasteiger partial charge in [-0.3, -0.25) is 9.69 Å². The van der Waals surface area contributed by atoms with Crippen LogP contribution in [-0.4, -0.2) is 30.6 Å². The summed E-state index contributed by atoms with van der Waals surface area (Å²) in [6, 6.07) is 10.5. The quantitative estimate of drug-likeness (QED) is 0.630. The first kappa shape index (κ1) is 15.3. The van der Waals surface area contributed by atoms with Crippen molar-refractivity contribution in [1.29, 1.82) is 0 Å². The Labute approximate surface area is 133 Å². The van der Waals surface area contributed by atoms with Crippen molar-refractivity contribution < 1.29 is 9.53 Å². The lowest BCUT2D eigenvalue weighted by Gasteiger charge is -2.49. The number of nitrogens with zero attached hydrogens (tertiary/aromatic N) is 1. The SMILES string of the molecule is C=C1[C@@H]2CCC[C@@]1(C(=O)OCC)CN(Cc1ccccc1)C2. The Hall–Kier alpha value is -1.61. The number of likely N-dealkylation sites (tertiary alicyclic amines) is 1. The van der Waals surface area contributed by atoms with Crippen LogP contribution >= 0.6 is 0 Å². The zero-order valence-corrected chi connectivity index (χ0v) is 13.4. The molecule has 1 aromatic rings. The topological polar surface area (TPSA) is 29.5 Å². The van der Waals surface area contributed by atoms with Crippen molar-refractivity contribution in [1.82, 2.24) is 4.90 Å². The van der Waals surface area contributed by atoms with Gasteiger partial charge in [0.05, 0.1) is 6.61 Å². The monoisotopic (exact) mass is 299 g/mol. The predicted molar refractivity (Wildman–Crippen MR) is 87.3 cm³/mol. The van der Waals surface area contributed by atoms with E-state index in [1.165, 1.54) is 5.56 Å². The standard InChI is InChI=1S/C19H25NO2/c1-3-22-18(21)19-11-7-10-17(15(19)2)13-20(14-19)12-16-8-5-4-6-9-16/h4-6,8-9,17H,2-3,7,10-14H2,1H3/t17-,19-/m1/s1. The highest BCUT2D eigenvalue weighted by Gasteiger charge is 2.51. The summed E-state index contributed by atoms with van der Waals surface area (Å²) in [5.74, 6) is 0.359. The number of carbonyl (C=O) groups is 1. The molecular weight excluding hydrogens is 274 g/mol. The lowest BCUT2D eigenvalue weighted by Crippen LogP contribution is -2.54. The number of piperidine rings is 1. The van der Waals surface area contributed by atoms with Gasteiger partial charge in [-0.2, -0.15) is 0 Å². The molecule has 1 saturated carbocycles. The third-order valence-corrected chi connectivity index (χ3v) is 5.15. The van der Waals surface area contributed by atoms with E-state index in [2.05, 4.69) is 35.7 Å². The van der Waals surface area contributed by atoms with Gasteiger partial charge in [0.25, 0.3) is 0 Å². The lowest BCUT2D eigenvalue weighted by atomic mass is 9.63. The van der Waals surface area contributed by atoms with Gasteiger partial charge in [-0.1, -0.05) is 48.9 Å². The number of benzene rings is 1. The highest BCUT2D eigenvalue weighted by molar-refractivity contribution is 5.81. The van der Waals surface area contributed by atoms with Crippen molar-refractivity contribution in [2.75, 3.05) is 19.7 Å². The smallest absolute Gasteiger partial charge is 0.317 e. The fourth-order valence-corrected chi connectivity index (χ4v) is 4.04. The highest BCUT2D eigenvalue weighted by atomic mass is 16.5. The molecule has 1 aliphatic heterocycles. The minimum atomic E-state index is -0.480. The predicted octanol–water partition coefficient (Wildman–Crippen LogP) is 3.41. The van der Waals surface area contributed by atoms with Crippen molar-refractivity contribution in [2.45, 2.75) is 32.7 Å². The van der Waals surface area contributed by atoms with Crippen LogP contribution in [0.3, 0.4) is 0 Å². The Morgan fingerprint density at radius 2 is 2.18 bits per heavy atom. The summed E-state index contributed by atoms with van der Waals surface area (Å²) in [6.07, 6.45) is 3.12. The fraction of sp³-hybridized carbons (Fsp3) is 0.526. The van der Waals surface area contributed by atoms with Gasteiger partial charge in [-0.25, -0.2) is 0 Å². The Balaban J connectivity index is 1.82. The minimum absolute atomic E-state index is 0.0672. The van der Waals surface area contributed by atoms with Crippen LogP contribution in [0.5, 0.6) is 0 Å². The second-order valence-corrected chi connectivity index (χ2v) is 6.57. The fourth-order valence-electron chi connectivity index (χ4n) is 4.04. The number of carbonyl (C=O) groups excluding carboxylic acids is 1. The van der Waals surface area contributed by atoms with E-state index in [1.807, 2.05) is 13.0 Å². The van der Waals surface area contributed by atoms with E-state index in [1.54, 1.807) is 0 Å². The van der Waals surface area contributed by atoms with Crippen LogP contribution in [-0.2, 0) is 16.1 Å². The average Bonchev–Trinajstić information content (AvgIpc) is 2.50. The number of esters is 1. The van der Waals surface area contributed by atoms with Crippen LogP contribution in [0.25, 0.3) is 0 Å². The molecule has 0 radical (unpaired) electrons. The molecule has 0 spiro atoms. The van der Waals surface area contributed by atoms with Gasteiger partial charge < -0.3 is 4.74 Å². The maximum Gasteiger partial charge on any atom is 0.317 e. The van der Waals surface area contributed by atoms with Crippen LogP contribution in [0.2, 0.25) is 0 Å². The molecule has 2 aliphatic rings. The summed E-state index contributed by atoms with van der Waals surface area (Å²) < 4.78 is 5.40. The Morgan fingerprint density at radius 1 is 1.41 bits per heavy atom. The summed E-state index contributed by atoms with van der Waals surface area (Å²) in [5, 5.41) is 0. The summed E-state index contributed by atoms with van der Waals surface area (Å²) in [7, 11) is 0. The molecule has 1 saturated heterocycles. The number of fused-ring (bicyclic) bond motifs is 2. The van der Waals surface area contributed by atoms with Crippen LogP contribution in [0.1, 0.15) is 31.7 Å². The molecule has 2 bridgehead atoms. The zero-order valence-electron chi connectivity index (χ0n) is 13.4. The van der Waals surface area contributed by atoms with Gasteiger partial charge in [0, 0.05) is 19.6 Å². The number of hydrogen-bond donors (Lipinski definition) is 0. The summed E-state index contributed by atoms with van der Waals surface area (Å²) in [5.41, 5.74) is 1.93. The van der Waals surface area contributed by atoms with E-state index in [4.69, 9.17) is 4.74 Å². The second kappa shape index (κ2) is 6.25. The van der Waals surface area contributed by atoms with Crippen molar-refractivity contribution in [3.8, 4) is 0 Å². The van der Waals surface area contributed by atoms with Crippen molar-refractivity contribution >= 4 is 5.97 Å². The van der Waals surface area contributed by atoms with E-state index in [0.29, 0.717) is 12.5 Å². The highest BCUT2D eigenvalue weighted by Crippen LogP contribution is 2.48. The number of rotatable bonds is 4. The largest absolute Gasteiger partial charge is 0.465 e. The van der Waals surface area contributed by atoms with Gasteiger partial charge in [0.2, 0.25) is 0 Å². The Bertz CT molecular complexity index is 554. The van der Waals surface area contributed by atoms with E-state index in [9.17, 15) is 4.79 Å². The van der Waals surface area contributed by atoms with E-state index in [0.717, 1.165) is 44.5 Å². The molecule has 2 fully saturated rings. The van der Waals surface area contributed by atoms with E-state index in [-0.39, 0.29) is 5.97 Å². The van der Waals surface area contributed by atoms with Gasteiger partial charge in [-0.15, -0.1) is 0 Å². The van der Waals surface area contributed by atoms with Gasteiger partial charge in [-0.05, 0) is 31.2 Å². The summed E-state index contributed by atoms with van der Waals surface area (Å²) in [4.78, 5) is 15.0. The maximum absolute atomic E-state index is 12.6. The van der Waals surface area contributed by atoms with Crippen LogP contribution in [0.15, 0.2) is 42.5 Å². The molecule has 1 heterocycles. The van der Waals surface area contributed by atoms with Crippen molar-refractivity contribution in [2.24, 2.45) is 11.3 Å². The van der Waals surface area contributed by atoms with Gasteiger partial charge in [0.15, 0.2) is 0 Å². The first-order chi connectivity index (χ1) is 10.7. The molecule has 0 aromatic heterocycles. The normalized spacial score (nSPS) is 28.4. The zero-order chi connectivity index (χ0) is 15.6. The molecular formula is C19H25NO2. The maximum atomic E-state index is 12.6. The van der Waals surface area contributed by atoms with Gasteiger partial charge in [0.1, 0.15) is 5.41 Å². The molecule has 118 valence electrons. The van der Waals surface area contributed by atoms with Crippen molar-refractivity contribution in [3.63, 3.8) is 0 Å². The van der Waals surface area contributed by atoms with E-state index >= 15 is 0 Å². The lowest BCUT2D eigenvalue weighted by molar-refractivity contribution is -0.158. The molecule has 22 heavy (non-hydrogen) atoms. The first-order valence-corrected chi connectivity index (χ1v) is 8.28. The van der Waals surface area contributed by atoms with Crippen LogP contribution in [0, 0.1) is 11.3 Å².